The van der Waals surface area contributed by atoms with E-state index in [0.717, 1.165) is 69.9 Å². The average Bonchev–Trinajstić information content (AvgIpc) is 2.85. The van der Waals surface area contributed by atoms with Gasteiger partial charge in [0.1, 0.15) is 5.82 Å². The van der Waals surface area contributed by atoms with Gasteiger partial charge in [0, 0.05) is 62.8 Å². The van der Waals surface area contributed by atoms with Gasteiger partial charge >= 0.3 is 0 Å². The molecule has 0 N–H and O–H groups in total. The maximum atomic E-state index is 13.7. The van der Waals surface area contributed by atoms with Gasteiger partial charge in [-0.3, -0.25) is 14.7 Å². The summed E-state index contributed by atoms with van der Waals surface area (Å²) in [6.45, 7) is 4.87. The molecule has 2 fully saturated rings. The Kier molecular flexibility index (Phi) is 6.16. The molecule has 1 saturated heterocycles. The number of para-hydroxylation sites is 1. The van der Waals surface area contributed by atoms with Crippen LogP contribution in [0.1, 0.15) is 44.1 Å². The van der Waals surface area contributed by atoms with Gasteiger partial charge in [-0.25, -0.2) is 4.98 Å². The molecule has 1 aromatic heterocycles. The third-order valence-electron chi connectivity index (χ3n) is 7.27. The number of aromatic nitrogens is 2. The second kappa shape index (κ2) is 9.35. The normalized spacial score (nSPS) is 22.9. The standard InChI is InChI=1S/C25H33N5O/c31-25(21-7-2-1-3-8-21)30-22(11-10-20-6-4-5-9-23(20)30)19-28-14-16-29(17-15-28)24-18-26-12-13-27-24/h4-6,9,12-13,18,21-22H,1-3,7-8,10-11,14-17,19H2. The first-order valence-corrected chi connectivity index (χ1v) is 11.9. The fraction of sp³-hybridized carbons (Fsp3) is 0.560. The molecule has 1 amide bonds. The van der Waals surface area contributed by atoms with Crippen LogP contribution in [0.5, 0.6) is 0 Å². The molecule has 164 valence electrons. The molecule has 6 heteroatoms. The molecular weight excluding hydrogens is 386 g/mol. The molecular formula is C25H33N5O. The number of benzene rings is 1. The molecule has 31 heavy (non-hydrogen) atoms. The van der Waals surface area contributed by atoms with Crippen LogP contribution in [0.4, 0.5) is 11.5 Å². The Bertz CT molecular complexity index is 874. The maximum absolute atomic E-state index is 13.7. The summed E-state index contributed by atoms with van der Waals surface area (Å²) >= 11 is 0. The second-order valence-corrected chi connectivity index (χ2v) is 9.22. The van der Waals surface area contributed by atoms with Gasteiger partial charge in [0.15, 0.2) is 0 Å². The van der Waals surface area contributed by atoms with E-state index in [1.165, 1.54) is 24.8 Å². The molecule has 0 bridgehead atoms. The number of carbonyl (C=O) groups is 1. The van der Waals surface area contributed by atoms with Gasteiger partial charge in [-0.05, 0) is 37.3 Å². The molecule has 3 aliphatic rings. The molecule has 5 rings (SSSR count). The minimum atomic E-state index is 0.205. The van der Waals surface area contributed by atoms with Crippen molar-refractivity contribution >= 4 is 17.4 Å². The summed E-state index contributed by atoms with van der Waals surface area (Å²) in [6.07, 6.45) is 13.2. The number of piperazine rings is 1. The van der Waals surface area contributed by atoms with Gasteiger partial charge < -0.3 is 9.80 Å². The second-order valence-electron chi connectivity index (χ2n) is 9.22. The molecule has 6 nitrogen and oxygen atoms in total. The molecule has 3 heterocycles. The molecule has 0 spiro atoms. The summed E-state index contributed by atoms with van der Waals surface area (Å²) in [6, 6.07) is 8.82. The zero-order valence-electron chi connectivity index (χ0n) is 18.3. The topological polar surface area (TPSA) is 52.6 Å². The Hall–Kier alpha value is -2.47. The first kappa shape index (κ1) is 20.4. The van der Waals surface area contributed by atoms with E-state index < -0.39 is 0 Å². The van der Waals surface area contributed by atoms with Crippen molar-refractivity contribution in [3.63, 3.8) is 0 Å². The van der Waals surface area contributed by atoms with E-state index in [9.17, 15) is 4.79 Å². The summed E-state index contributed by atoms with van der Waals surface area (Å²) in [7, 11) is 0. The third-order valence-corrected chi connectivity index (χ3v) is 7.27. The predicted octanol–water partition coefficient (Wildman–Crippen LogP) is 3.53. The molecule has 0 radical (unpaired) electrons. The van der Waals surface area contributed by atoms with E-state index in [0.29, 0.717) is 5.91 Å². The lowest BCUT2D eigenvalue weighted by Crippen LogP contribution is -2.55. The number of anilines is 2. The van der Waals surface area contributed by atoms with Crippen LogP contribution in [0, 0.1) is 5.92 Å². The number of carbonyl (C=O) groups excluding carboxylic acids is 1. The molecule has 1 saturated carbocycles. The molecule has 2 aromatic rings. The zero-order valence-corrected chi connectivity index (χ0v) is 18.3. The first-order valence-electron chi connectivity index (χ1n) is 11.9. The molecule has 1 aromatic carbocycles. The zero-order chi connectivity index (χ0) is 21.0. The number of rotatable bonds is 4. The van der Waals surface area contributed by atoms with Crippen molar-refractivity contribution < 1.29 is 4.79 Å². The molecule has 1 unspecified atom stereocenters. The van der Waals surface area contributed by atoms with Crippen molar-refractivity contribution in [1.82, 2.24) is 14.9 Å². The minimum absolute atomic E-state index is 0.205. The van der Waals surface area contributed by atoms with Crippen LogP contribution in [0.25, 0.3) is 0 Å². The van der Waals surface area contributed by atoms with Crippen molar-refractivity contribution in [1.29, 1.82) is 0 Å². The highest BCUT2D eigenvalue weighted by atomic mass is 16.2. The van der Waals surface area contributed by atoms with E-state index in [1.54, 1.807) is 12.4 Å². The van der Waals surface area contributed by atoms with Gasteiger partial charge in [0.05, 0.1) is 6.20 Å². The van der Waals surface area contributed by atoms with Crippen LogP contribution in [0.3, 0.4) is 0 Å². The lowest BCUT2D eigenvalue weighted by molar-refractivity contribution is -0.124. The van der Waals surface area contributed by atoms with Gasteiger partial charge in [0.2, 0.25) is 5.91 Å². The first-order chi connectivity index (χ1) is 15.3. The highest BCUT2D eigenvalue weighted by Gasteiger charge is 2.36. The summed E-state index contributed by atoms with van der Waals surface area (Å²) in [5.74, 6) is 1.54. The fourth-order valence-corrected chi connectivity index (χ4v) is 5.54. The van der Waals surface area contributed by atoms with Crippen molar-refractivity contribution in [2.24, 2.45) is 5.92 Å². The van der Waals surface area contributed by atoms with E-state index >= 15 is 0 Å². The van der Waals surface area contributed by atoms with Crippen LogP contribution in [0.2, 0.25) is 0 Å². The fourth-order valence-electron chi connectivity index (χ4n) is 5.54. The van der Waals surface area contributed by atoms with Gasteiger partial charge in [-0.1, -0.05) is 37.5 Å². The summed E-state index contributed by atoms with van der Waals surface area (Å²) in [5.41, 5.74) is 2.49. The Morgan fingerprint density at radius 1 is 0.968 bits per heavy atom. The van der Waals surface area contributed by atoms with Crippen LogP contribution in [-0.4, -0.2) is 59.5 Å². The number of fused-ring (bicyclic) bond motifs is 1. The minimum Gasteiger partial charge on any atom is -0.353 e. The van der Waals surface area contributed by atoms with Crippen LogP contribution < -0.4 is 9.80 Å². The Labute approximate surface area is 185 Å². The Balaban J connectivity index is 1.29. The van der Waals surface area contributed by atoms with E-state index in [2.05, 4.69) is 48.9 Å². The van der Waals surface area contributed by atoms with Crippen molar-refractivity contribution in [3.8, 4) is 0 Å². The van der Waals surface area contributed by atoms with Crippen molar-refractivity contribution in [2.75, 3.05) is 42.5 Å². The van der Waals surface area contributed by atoms with Crippen LogP contribution in [0.15, 0.2) is 42.9 Å². The van der Waals surface area contributed by atoms with Crippen molar-refractivity contribution in [2.45, 2.75) is 51.0 Å². The van der Waals surface area contributed by atoms with Crippen LogP contribution in [-0.2, 0) is 11.2 Å². The highest BCUT2D eigenvalue weighted by Crippen LogP contribution is 2.35. The number of aryl methyl sites for hydroxylation is 1. The SMILES string of the molecule is O=C(C1CCCCC1)N1c2ccccc2CCC1CN1CCN(c2cnccn2)CC1. The van der Waals surface area contributed by atoms with E-state index in [4.69, 9.17) is 0 Å². The lowest BCUT2D eigenvalue weighted by Gasteiger charge is -2.43. The summed E-state index contributed by atoms with van der Waals surface area (Å²) in [5, 5.41) is 0. The maximum Gasteiger partial charge on any atom is 0.230 e. The average molecular weight is 420 g/mol. The number of hydrogen-bond acceptors (Lipinski definition) is 5. The quantitative estimate of drug-likeness (QED) is 0.759. The van der Waals surface area contributed by atoms with Gasteiger partial charge in [0.25, 0.3) is 0 Å². The molecule has 1 aliphatic carbocycles. The number of hydrogen-bond donors (Lipinski definition) is 0. The van der Waals surface area contributed by atoms with Gasteiger partial charge in [-0.15, -0.1) is 0 Å². The van der Waals surface area contributed by atoms with Crippen molar-refractivity contribution in [3.05, 3.63) is 48.4 Å². The predicted molar refractivity (Wildman–Crippen MR) is 123 cm³/mol. The largest absolute Gasteiger partial charge is 0.353 e. The van der Waals surface area contributed by atoms with Crippen LogP contribution >= 0.6 is 0 Å². The van der Waals surface area contributed by atoms with Gasteiger partial charge in [-0.2, -0.15) is 0 Å². The third kappa shape index (κ3) is 4.45. The summed E-state index contributed by atoms with van der Waals surface area (Å²) < 4.78 is 0. The molecule has 1 atom stereocenters. The molecule has 2 aliphatic heterocycles. The Morgan fingerprint density at radius 2 is 1.77 bits per heavy atom. The smallest absolute Gasteiger partial charge is 0.230 e. The Morgan fingerprint density at radius 3 is 2.55 bits per heavy atom. The monoisotopic (exact) mass is 419 g/mol. The van der Waals surface area contributed by atoms with E-state index in [-0.39, 0.29) is 12.0 Å². The summed E-state index contributed by atoms with van der Waals surface area (Å²) in [4.78, 5) is 29.4. The van der Waals surface area contributed by atoms with E-state index in [1.807, 2.05) is 6.20 Å². The number of nitrogens with zero attached hydrogens (tertiary/aromatic N) is 5. The lowest BCUT2D eigenvalue weighted by atomic mass is 9.86. The highest BCUT2D eigenvalue weighted by molar-refractivity contribution is 5.97. The number of amides is 1.